The van der Waals surface area contributed by atoms with Gasteiger partial charge in [0.1, 0.15) is 11.0 Å². The first-order valence-corrected chi connectivity index (χ1v) is 33.8. The summed E-state index contributed by atoms with van der Waals surface area (Å²) in [5.74, 6) is -0.469. The van der Waals surface area contributed by atoms with E-state index >= 15 is 8.78 Å². The van der Waals surface area contributed by atoms with Crippen molar-refractivity contribution in [2.75, 3.05) is 0 Å². The number of benzene rings is 1. The minimum absolute atomic E-state index is 0. The van der Waals surface area contributed by atoms with Crippen LogP contribution in [0.3, 0.4) is 0 Å². The van der Waals surface area contributed by atoms with E-state index in [4.69, 9.17) is 8.75 Å². The number of hydrogen-bond acceptors (Lipinski definition) is 8. The smallest absolute Gasteiger partial charge is 0.170 e. The van der Waals surface area contributed by atoms with Crippen molar-refractivity contribution in [3.05, 3.63) is 68.9 Å². The van der Waals surface area contributed by atoms with Crippen LogP contribution >= 0.6 is 57.1 Å². The van der Waals surface area contributed by atoms with Gasteiger partial charge in [0.15, 0.2) is 11.6 Å². The summed E-state index contributed by atoms with van der Waals surface area (Å²) in [5, 5.41) is 0. The van der Waals surface area contributed by atoms with E-state index in [9.17, 15) is 0 Å². The van der Waals surface area contributed by atoms with Crippen LogP contribution in [-0.4, -0.2) is 8.75 Å². The molecule has 74 heavy (non-hydrogen) atoms. The van der Waals surface area contributed by atoms with Gasteiger partial charge in [-0.1, -0.05) is 233 Å². The maximum Gasteiger partial charge on any atom is 0.170 e. The molecular weight excluding hydrogens is 1010 g/mol. The van der Waals surface area contributed by atoms with Crippen molar-refractivity contribution < 1.29 is 8.78 Å². The predicted molar refractivity (Wildman–Crippen MR) is 330 cm³/mol. The van der Waals surface area contributed by atoms with Crippen molar-refractivity contribution in [3.63, 3.8) is 0 Å². The molecule has 1 aromatic carbocycles. The van der Waals surface area contributed by atoms with E-state index < -0.39 is 11.6 Å². The Balaban J connectivity index is 0.0000101. The molecule has 2 atom stereocenters. The first-order valence-electron chi connectivity index (χ1n) is 29.8. The summed E-state index contributed by atoms with van der Waals surface area (Å²) in [6.07, 6.45) is 43.3. The van der Waals surface area contributed by atoms with Gasteiger partial charge < -0.3 is 6.15 Å². The number of thiophene rings is 4. The Morgan fingerprint density at radius 1 is 0.392 bits per heavy atom. The molecule has 6 rings (SSSR count). The molecule has 0 amide bonds. The molecule has 0 aliphatic carbocycles. The quantitative estimate of drug-likeness (QED) is 0.0390. The maximum absolute atomic E-state index is 17.5. The molecule has 10 heteroatoms. The SMILES string of the molecule is CCCCCCCCCCC(CCCCCCCC)Cc1cc(-c2c(F)c(F)c(-c3sc(C)cc3CC(CCCCCCCC)CCCCCCCCCC)c3nsnc23)sc1-c1ccc(-c2ccc(C)s2)s1.N. The van der Waals surface area contributed by atoms with Crippen LogP contribution < -0.4 is 6.15 Å². The second-order valence-corrected chi connectivity index (χ2v) is 27.1. The number of aryl methyl sites for hydroxylation is 2. The average molecular weight is 1110 g/mol. The molecule has 2 unspecified atom stereocenters. The van der Waals surface area contributed by atoms with Gasteiger partial charge in [-0.3, -0.25) is 0 Å². The largest absolute Gasteiger partial charge is 0.344 e. The zero-order valence-electron chi connectivity index (χ0n) is 47.1. The van der Waals surface area contributed by atoms with Crippen LogP contribution in [0.25, 0.3) is 51.4 Å². The summed E-state index contributed by atoms with van der Waals surface area (Å²) in [4.78, 5) is 9.02. The van der Waals surface area contributed by atoms with Gasteiger partial charge >= 0.3 is 0 Å². The van der Waals surface area contributed by atoms with Crippen molar-refractivity contribution in [3.8, 4) is 40.4 Å². The van der Waals surface area contributed by atoms with Gasteiger partial charge in [0.2, 0.25) is 0 Å². The van der Waals surface area contributed by atoms with Crippen LogP contribution in [0, 0.1) is 37.3 Å². The number of fused-ring (bicyclic) bond motifs is 1. The Labute approximate surface area is 469 Å². The summed E-state index contributed by atoms with van der Waals surface area (Å²) in [6.45, 7) is 13.5. The lowest BCUT2D eigenvalue weighted by Crippen LogP contribution is -2.06. The second-order valence-electron chi connectivity index (χ2n) is 21.9. The number of hydrogen-bond donors (Lipinski definition) is 1. The number of nitrogens with zero attached hydrogens (tertiary/aromatic N) is 2. The Morgan fingerprint density at radius 3 is 1.24 bits per heavy atom. The molecule has 0 saturated carbocycles. The fourth-order valence-electron chi connectivity index (χ4n) is 11.3. The van der Waals surface area contributed by atoms with E-state index in [0.29, 0.717) is 28.4 Å². The highest BCUT2D eigenvalue weighted by atomic mass is 32.1. The van der Waals surface area contributed by atoms with Gasteiger partial charge in [-0.15, -0.1) is 45.3 Å². The molecule has 3 N–H and O–H groups in total. The number of unbranched alkanes of at least 4 members (excludes halogenated alkanes) is 24. The first-order chi connectivity index (χ1) is 35.8. The summed E-state index contributed by atoms with van der Waals surface area (Å²) >= 11 is 7.99. The van der Waals surface area contributed by atoms with Crippen molar-refractivity contribution in [1.29, 1.82) is 0 Å². The third-order valence-electron chi connectivity index (χ3n) is 15.5. The predicted octanol–water partition coefficient (Wildman–Crippen LogP) is 24.5. The van der Waals surface area contributed by atoms with Crippen LogP contribution in [0.4, 0.5) is 8.78 Å². The normalized spacial score (nSPS) is 12.6. The number of halogens is 2. The van der Waals surface area contributed by atoms with Crippen LogP contribution in [0.15, 0.2) is 36.4 Å². The lowest BCUT2D eigenvalue weighted by Gasteiger charge is -2.18. The summed E-state index contributed by atoms with van der Waals surface area (Å²) in [5.41, 5.74) is 4.04. The molecular formula is C64H97F2N3S5. The highest BCUT2D eigenvalue weighted by Crippen LogP contribution is 2.49. The molecule has 3 nitrogen and oxygen atoms in total. The van der Waals surface area contributed by atoms with Gasteiger partial charge in [-0.05, 0) is 86.1 Å². The minimum atomic E-state index is -0.780. The molecule has 412 valence electrons. The Kier molecular flexibility index (Phi) is 29.8. The topological polar surface area (TPSA) is 60.8 Å². The molecule has 6 aromatic rings. The van der Waals surface area contributed by atoms with E-state index in [0.717, 1.165) is 44.8 Å². The molecule has 5 heterocycles. The molecule has 0 aliphatic heterocycles. The zero-order chi connectivity index (χ0) is 51.6. The van der Waals surface area contributed by atoms with E-state index in [1.54, 1.807) is 22.7 Å². The number of aromatic nitrogens is 2. The third kappa shape index (κ3) is 19.5. The molecule has 0 spiro atoms. The lowest BCUT2D eigenvalue weighted by atomic mass is 9.87. The van der Waals surface area contributed by atoms with Crippen molar-refractivity contribution in [2.24, 2.45) is 11.8 Å². The maximum atomic E-state index is 17.5. The van der Waals surface area contributed by atoms with Crippen molar-refractivity contribution in [1.82, 2.24) is 14.9 Å². The fourth-order valence-corrected chi connectivity index (χ4v) is 16.2. The third-order valence-corrected chi connectivity index (χ3v) is 20.8. The van der Waals surface area contributed by atoms with Gasteiger partial charge in [0.25, 0.3) is 0 Å². The van der Waals surface area contributed by atoms with Crippen molar-refractivity contribution >= 4 is 68.1 Å². The van der Waals surface area contributed by atoms with E-state index in [-0.39, 0.29) is 11.7 Å². The highest BCUT2D eigenvalue weighted by molar-refractivity contribution is 7.27. The monoisotopic (exact) mass is 1110 g/mol. The molecule has 0 fully saturated rings. The molecule has 0 aliphatic rings. The highest BCUT2D eigenvalue weighted by Gasteiger charge is 2.30. The van der Waals surface area contributed by atoms with E-state index in [2.05, 4.69) is 77.9 Å². The van der Waals surface area contributed by atoms with Crippen LogP contribution in [-0.2, 0) is 12.8 Å². The second kappa shape index (κ2) is 35.2. The van der Waals surface area contributed by atoms with E-state index in [1.807, 2.05) is 22.7 Å². The molecule has 0 bridgehead atoms. The van der Waals surface area contributed by atoms with Gasteiger partial charge in [0.05, 0.1) is 22.9 Å². The molecule has 0 radical (unpaired) electrons. The number of rotatable bonds is 40. The summed E-state index contributed by atoms with van der Waals surface area (Å²) < 4.78 is 44.7. The van der Waals surface area contributed by atoms with Gasteiger partial charge in [0, 0.05) is 39.0 Å². The standard InChI is InChI=1S/C64H94F2N2S5.H3N/c1-7-11-15-19-23-25-29-33-36-49(35-31-27-21-17-13-9-3)44-51-43-48(6)70-64(51)58-60(66)59(65)57(61-62(58)68-73-67-61)56-46-52(63(72-56)55-42-41-54(71-55)53-40-39-47(5)69-53)45-50(37-32-28-22-18-14-10-4)38-34-30-26-24-20-16-12-8-2;/h39-43,46,49-50H,7-38,44-45H2,1-6H3;1H3. The van der Waals surface area contributed by atoms with Crippen LogP contribution in [0.1, 0.15) is 254 Å². The first kappa shape index (κ1) is 62.5. The van der Waals surface area contributed by atoms with Gasteiger partial charge in [-0.2, -0.15) is 8.75 Å². The van der Waals surface area contributed by atoms with Crippen molar-refractivity contribution in [2.45, 2.75) is 260 Å². The summed E-state index contributed by atoms with van der Waals surface area (Å²) in [6, 6.07) is 13.5. The molecule has 5 aromatic heterocycles. The Bertz CT molecular complexity index is 2440. The van der Waals surface area contributed by atoms with Gasteiger partial charge in [-0.25, -0.2) is 8.78 Å². The van der Waals surface area contributed by atoms with Crippen LogP contribution in [0.2, 0.25) is 0 Å². The van der Waals surface area contributed by atoms with Crippen LogP contribution in [0.5, 0.6) is 0 Å². The lowest BCUT2D eigenvalue weighted by molar-refractivity contribution is 0.401. The summed E-state index contributed by atoms with van der Waals surface area (Å²) in [7, 11) is 0. The average Bonchev–Trinajstić information content (AvgIpc) is 4.26. The zero-order valence-corrected chi connectivity index (χ0v) is 51.1. The molecule has 0 saturated heterocycles. The van der Waals surface area contributed by atoms with E-state index in [1.165, 1.54) is 235 Å². The minimum Gasteiger partial charge on any atom is -0.344 e. The Hall–Kier alpha value is -2.34. The fraction of sp³-hybridized carbons (Fsp3) is 0.656. The Morgan fingerprint density at radius 2 is 0.784 bits per heavy atom.